The Morgan fingerprint density at radius 3 is 2.81 bits per heavy atom. The van der Waals surface area contributed by atoms with Gasteiger partial charge < -0.3 is 24.4 Å². The van der Waals surface area contributed by atoms with E-state index < -0.39 is 0 Å². The lowest BCUT2D eigenvalue weighted by molar-refractivity contribution is -0.0533. The molecule has 0 unspecified atom stereocenters. The Kier molecular flexibility index (Phi) is 6.69. The number of aromatic nitrogens is 1. The van der Waals surface area contributed by atoms with Gasteiger partial charge in [0, 0.05) is 45.1 Å². The molecule has 26 heavy (non-hydrogen) atoms. The van der Waals surface area contributed by atoms with Gasteiger partial charge in [-0.25, -0.2) is 4.98 Å². The van der Waals surface area contributed by atoms with Crippen LogP contribution in [0.25, 0.3) is 0 Å². The van der Waals surface area contributed by atoms with Crippen LogP contribution in [0, 0.1) is 0 Å². The summed E-state index contributed by atoms with van der Waals surface area (Å²) in [6.07, 6.45) is 4.34. The first kappa shape index (κ1) is 19.4. The Morgan fingerprint density at radius 2 is 2.12 bits per heavy atom. The van der Waals surface area contributed by atoms with Crippen LogP contribution in [0.4, 0.5) is 0 Å². The second-order valence-electron chi connectivity index (χ2n) is 6.65. The van der Waals surface area contributed by atoms with Crippen LogP contribution < -0.4 is 10.1 Å². The lowest BCUT2D eigenvalue weighted by Gasteiger charge is -2.38. The fourth-order valence-electron chi connectivity index (χ4n) is 3.61. The lowest BCUT2D eigenvalue weighted by atomic mass is 9.99. The molecule has 1 aromatic heterocycles. The third-order valence-electron chi connectivity index (χ3n) is 5.10. The van der Waals surface area contributed by atoms with E-state index in [1.165, 1.54) is 13.3 Å². The van der Waals surface area contributed by atoms with Crippen molar-refractivity contribution in [1.82, 2.24) is 15.2 Å². The minimum Gasteiger partial charge on any atom is -0.493 e. The monoisotopic (exact) mass is 383 g/mol. The average Bonchev–Trinajstić information content (AvgIpc) is 2.68. The maximum atomic E-state index is 12.8. The largest absolute Gasteiger partial charge is 0.493 e. The van der Waals surface area contributed by atoms with Crippen molar-refractivity contribution in [2.24, 2.45) is 0 Å². The number of amides is 1. The zero-order valence-electron chi connectivity index (χ0n) is 15.2. The molecule has 0 saturated carbocycles. The number of hydrogen-bond acceptors (Lipinski definition) is 6. The minimum atomic E-state index is -0.136. The summed E-state index contributed by atoms with van der Waals surface area (Å²) >= 11 is 6.10. The molecule has 0 aliphatic carbocycles. The molecule has 0 spiro atoms. The highest BCUT2D eigenvalue weighted by molar-refractivity contribution is 6.32. The van der Waals surface area contributed by atoms with Crippen LogP contribution in [0.5, 0.6) is 5.75 Å². The van der Waals surface area contributed by atoms with E-state index in [1.54, 1.807) is 13.2 Å². The Labute approximate surface area is 158 Å². The average molecular weight is 384 g/mol. The smallest absolute Gasteiger partial charge is 0.276 e. The molecule has 8 heteroatoms. The second-order valence-corrected chi connectivity index (χ2v) is 7.06. The molecular formula is C18H26ClN3O4. The third-order valence-corrected chi connectivity index (χ3v) is 5.40. The molecule has 3 heterocycles. The van der Waals surface area contributed by atoms with Crippen molar-refractivity contribution >= 4 is 17.5 Å². The van der Waals surface area contributed by atoms with Crippen LogP contribution in [0.3, 0.4) is 0 Å². The standard InChI is InChI=1S/C18H26ClN3O4/c1-24-15-11-26-10-6-14(15)21-12-4-8-22(9-5-12)18(23)16-17(25-2)13(19)3-7-20-16/h3,7,12,14-15,21H,4-6,8-11H2,1-2H3/t14-,15+/m0/s1. The number of methoxy groups -OCH3 is 2. The maximum Gasteiger partial charge on any atom is 0.276 e. The highest BCUT2D eigenvalue weighted by Crippen LogP contribution is 2.28. The Hall–Kier alpha value is -1.41. The number of piperidine rings is 1. The minimum absolute atomic E-state index is 0.0864. The van der Waals surface area contributed by atoms with Crippen LogP contribution in [0.1, 0.15) is 29.8 Å². The number of nitrogens with one attached hydrogen (secondary N) is 1. The third kappa shape index (κ3) is 4.28. The number of rotatable bonds is 5. The molecule has 2 fully saturated rings. The summed E-state index contributed by atoms with van der Waals surface area (Å²) < 4.78 is 16.2. The van der Waals surface area contributed by atoms with Gasteiger partial charge in [0.1, 0.15) is 0 Å². The van der Waals surface area contributed by atoms with Crippen LogP contribution in [-0.4, -0.2) is 74.5 Å². The molecule has 2 aliphatic rings. The number of hydrogen-bond donors (Lipinski definition) is 1. The summed E-state index contributed by atoms with van der Waals surface area (Å²) in [6, 6.07) is 2.29. The fraction of sp³-hybridized carbons (Fsp3) is 0.667. The number of nitrogens with zero attached hydrogens (tertiary/aromatic N) is 2. The zero-order valence-corrected chi connectivity index (χ0v) is 16.0. The van der Waals surface area contributed by atoms with E-state index in [2.05, 4.69) is 10.3 Å². The maximum absolute atomic E-state index is 12.8. The first-order valence-electron chi connectivity index (χ1n) is 8.98. The van der Waals surface area contributed by atoms with Gasteiger partial charge in [-0.2, -0.15) is 0 Å². The van der Waals surface area contributed by atoms with Crippen LogP contribution in [0.15, 0.2) is 12.3 Å². The molecule has 1 amide bonds. The zero-order chi connectivity index (χ0) is 18.5. The molecule has 0 bridgehead atoms. The van der Waals surface area contributed by atoms with E-state index in [9.17, 15) is 4.79 Å². The fourth-order valence-corrected chi connectivity index (χ4v) is 3.83. The summed E-state index contributed by atoms with van der Waals surface area (Å²) in [6.45, 7) is 2.74. The van der Waals surface area contributed by atoms with Gasteiger partial charge in [-0.05, 0) is 25.3 Å². The summed E-state index contributed by atoms with van der Waals surface area (Å²) in [4.78, 5) is 18.8. The highest BCUT2D eigenvalue weighted by atomic mass is 35.5. The quantitative estimate of drug-likeness (QED) is 0.835. The van der Waals surface area contributed by atoms with Crippen molar-refractivity contribution in [3.05, 3.63) is 23.0 Å². The predicted molar refractivity (Wildman–Crippen MR) is 97.9 cm³/mol. The summed E-state index contributed by atoms with van der Waals surface area (Å²) in [5.41, 5.74) is 0.273. The molecule has 0 radical (unpaired) electrons. The molecule has 1 aromatic rings. The topological polar surface area (TPSA) is 72.9 Å². The van der Waals surface area contributed by atoms with Crippen LogP contribution in [-0.2, 0) is 9.47 Å². The number of pyridine rings is 1. The van der Waals surface area contributed by atoms with Crippen molar-refractivity contribution < 1.29 is 19.0 Å². The molecule has 7 nitrogen and oxygen atoms in total. The number of likely N-dealkylation sites (tertiary alicyclic amines) is 1. The number of carbonyl (C=O) groups is 1. The first-order chi connectivity index (χ1) is 12.6. The second kappa shape index (κ2) is 8.99. The molecule has 2 aliphatic heterocycles. The molecule has 1 N–H and O–H groups in total. The van der Waals surface area contributed by atoms with E-state index in [-0.39, 0.29) is 17.7 Å². The number of carbonyl (C=O) groups excluding carboxylic acids is 1. The van der Waals surface area contributed by atoms with Crippen molar-refractivity contribution in [2.75, 3.05) is 40.5 Å². The predicted octanol–water partition coefficient (Wildman–Crippen LogP) is 1.74. The Bertz CT molecular complexity index is 622. The summed E-state index contributed by atoms with van der Waals surface area (Å²) in [5.74, 6) is 0.202. The summed E-state index contributed by atoms with van der Waals surface area (Å²) in [7, 11) is 3.22. The van der Waals surface area contributed by atoms with Crippen molar-refractivity contribution in [3.8, 4) is 5.75 Å². The highest BCUT2D eigenvalue weighted by Gasteiger charge is 2.31. The van der Waals surface area contributed by atoms with Gasteiger partial charge in [0.15, 0.2) is 11.4 Å². The first-order valence-corrected chi connectivity index (χ1v) is 9.36. The SMILES string of the molecule is COc1c(Cl)ccnc1C(=O)N1CCC(N[C@H]2CCOC[C@H]2OC)CC1. The molecule has 2 atom stereocenters. The lowest BCUT2D eigenvalue weighted by Crippen LogP contribution is -2.54. The van der Waals surface area contributed by atoms with E-state index in [0.29, 0.717) is 42.6 Å². The van der Waals surface area contributed by atoms with Crippen LogP contribution >= 0.6 is 11.6 Å². The summed E-state index contributed by atoms with van der Waals surface area (Å²) in [5, 5.41) is 4.08. The Balaban J connectivity index is 1.57. The molecule has 2 saturated heterocycles. The van der Waals surface area contributed by atoms with Gasteiger partial charge in [-0.3, -0.25) is 4.79 Å². The molecule has 144 valence electrons. The van der Waals surface area contributed by atoms with E-state index in [1.807, 2.05) is 4.90 Å². The van der Waals surface area contributed by atoms with E-state index in [4.69, 9.17) is 25.8 Å². The number of ether oxygens (including phenoxy) is 3. The van der Waals surface area contributed by atoms with Crippen molar-refractivity contribution in [1.29, 1.82) is 0 Å². The molecule has 3 rings (SSSR count). The van der Waals surface area contributed by atoms with Gasteiger partial charge in [0.05, 0.1) is 24.8 Å². The van der Waals surface area contributed by atoms with Gasteiger partial charge in [0.2, 0.25) is 0 Å². The Morgan fingerprint density at radius 1 is 1.35 bits per heavy atom. The molecule has 0 aromatic carbocycles. The van der Waals surface area contributed by atoms with Gasteiger partial charge in [-0.1, -0.05) is 11.6 Å². The number of halogens is 1. The van der Waals surface area contributed by atoms with E-state index in [0.717, 1.165) is 25.9 Å². The van der Waals surface area contributed by atoms with Gasteiger partial charge in [0.25, 0.3) is 5.91 Å². The van der Waals surface area contributed by atoms with E-state index >= 15 is 0 Å². The van der Waals surface area contributed by atoms with Gasteiger partial charge >= 0.3 is 0 Å². The normalized spacial score (nSPS) is 24.5. The van der Waals surface area contributed by atoms with Crippen LogP contribution in [0.2, 0.25) is 5.02 Å². The molecular weight excluding hydrogens is 358 g/mol. The van der Waals surface area contributed by atoms with Gasteiger partial charge in [-0.15, -0.1) is 0 Å². The van der Waals surface area contributed by atoms with Crippen molar-refractivity contribution in [2.45, 2.75) is 37.5 Å². The van der Waals surface area contributed by atoms with Crippen molar-refractivity contribution in [3.63, 3.8) is 0 Å².